The van der Waals surface area contributed by atoms with E-state index in [0.717, 1.165) is 4.90 Å². The molecule has 0 aromatic heterocycles. The molecular weight excluding hydrogens is 301 g/mol. The van der Waals surface area contributed by atoms with Crippen LogP contribution in [0.5, 0.6) is 5.75 Å². The number of imide groups is 1. The summed E-state index contributed by atoms with van der Waals surface area (Å²) in [5.41, 5.74) is 0.790. The summed E-state index contributed by atoms with van der Waals surface area (Å²) >= 11 is 0. The number of para-hydroxylation sites is 1. The van der Waals surface area contributed by atoms with Gasteiger partial charge in [-0.15, -0.1) is 0 Å². The number of carbonyl (C=O) groups is 2. The smallest absolute Gasteiger partial charge is 0.270 e. The summed E-state index contributed by atoms with van der Waals surface area (Å²) < 4.78 is 17.2. The standard InChI is InChI=1S/C16H13NO4P/c18-15-13-8-4-5-9-14(13)16(19)17(15)10-11-22(20)21-12-6-2-1-3-7-12/h1-9H,10-11H2/q+1. The van der Waals surface area contributed by atoms with Crippen LogP contribution >= 0.6 is 8.03 Å². The first kappa shape index (κ1) is 14.4. The highest BCUT2D eigenvalue weighted by Gasteiger charge is 2.36. The number of carbonyl (C=O) groups excluding carboxylic acids is 2. The van der Waals surface area contributed by atoms with Crippen molar-refractivity contribution in [3.63, 3.8) is 0 Å². The fourth-order valence-electron chi connectivity index (χ4n) is 2.27. The number of benzene rings is 2. The zero-order chi connectivity index (χ0) is 15.5. The predicted octanol–water partition coefficient (Wildman–Crippen LogP) is 3.10. The van der Waals surface area contributed by atoms with Gasteiger partial charge in [0.15, 0.2) is 5.75 Å². The third-order valence-corrected chi connectivity index (χ3v) is 4.31. The molecule has 0 aliphatic carbocycles. The molecule has 0 N–H and O–H groups in total. The van der Waals surface area contributed by atoms with Crippen molar-refractivity contribution in [1.82, 2.24) is 4.90 Å². The Bertz CT molecular complexity index is 710. The average Bonchev–Trinajstić information content (AvgIpc) is 2.78. The maximum atomic E-state index is 12.1. The highest BCUT2D eigenvalue weighted by atomic mass is 31.1. The second-order valence-corrected chi connectivity index (χ2v) is 6.06. The summed E-state index contributed by atoms with van der Waals surface area (Å²) in [5, 5.41) is 0. The quantitative estimate of drug-likeness (QED) is 0.628. The van der Waals surface area contributed by atoms with Gasteiger partial charge in [0.2, 0.25) is 6.16 Å². The molecule has 2 amide bonds. The van der Waals surface area contributed by atoms with Crippen molar-refractivity contribution >= 4 is 19.8 Å². The van der Waals surface area contributed by atoms with Crippen molar-refractivity contribution in [2.24, 2.45) is 0 Å². The van der Waals surface area contributed by atoms with Crippen LogP contribution in [0.3, 0.4) is 0 Å². The Balaban J connectivity index is 1.62. The maximum Gasteiger partial charge on any atom is 0.557 e. The normalized spacial score (nSPS) is 14.0. The molecule has 0 bridgehead atoms. The van der Waals surface area contributed by atoms with Crippen molar-refractivity contribution in [3.05, 3.63) is 65.7 Å². The fraction of sp³-hybridized carbons (Fsp3) is 0.125. The summed E-state index contributed by atoms with van der Waals surface area (Å²) in [7, 11) is -1.98. The predicted molar refractivity (Wildman–Crippen MR) is 81.4 cm³/mol. The van der Waals surface area contributed by atoms with Gasteiger partial charge in [-0.2, -0.15) is 0 Å². The summed E-state index contributed by atoms with van der Waals surface area (Å²) in [5.74, 6) is -0.182. The fourth-order valence-corrected chi connectivity index (χ4v) is 3.08. The van der Waals surface area contributed by atoms with Crippen LogP contribution in [0.25, 0.3) is 0 Å². The van der Waals surface area contributed by atoms with Crippen LogP contribution < -0.4 is 4.52 Å². The molecule has 0 saturated carbocycles. The van der Waals surface area contributed by atoms with Gasteiger partial charge >= 0.3 is 8.03 Å². The zero-order valence-corrected chi connectivity index (χ0v) is 12.5. The molecule has 0 saturated heterocycles. The molecule has 2 aromatic carbocycles. The Morgan fingerprint density at radius 3 is 2.00 bits per heavy atom. The van der Waals surface area contributed by atoms with Gasteiger partial charge in [-0.1, -0.05) is 30.3 Å². The topological polar surface area (TPSA) is 63.7 Å². The summed E-state index contributed by atoms with van der Waals surface area (Å²) in [6, 6.07) is 15.5. The third kappa shape index (κ3) is 2.76. The SMILES string of the molecule is O=C1c2ccccc2C(=O)N1CC[P+](=O)Oc1ccccc1. The lowest BCUT2D eigenvalue weighted by Crippen LogP contribution is -2.32. The lowest BCUT2D eigenvalue weighted by atomic mass is 10.1. The van der Waals surface area contributed by atoms with E-state index in [1.165, 1.54) is 0 Å². The zero-order valence-electron chi connectivity index (χ0n) is 11.6. The Morgan fingerprint density at radius 2 is 1.41 bits per heavy atom. The summed E-state index contributed by atoms with van der Waals surface area (Å²) in [4.78, 5) is 25.4. The van der Waals surface area contributed by atoms with E-state index in [2.05, 4.69) is 0 Å². The molecule has 3 rings (SSSR count). The summed E-state index contributed by atoms with van der Waals surface area (Å²) in [6.07, 6.45) is 0.107. The van der Waals surface area contributed by atoms with Crippen molar-refractivity contribution in [3.8, 4) is 5.75 Å². The van der Waals surface area contributed by atoms with Crippen LogP contribution in [0.2, 0.25) is 0 Å². The van der Waals surface area contributed by atoms with E-state index in [4.69, 9.17) is 4.52 Å². The van der Waals surface area contributed by atoms with Crippen LogP contribution in [0.15, 0.2) is 54.6 Å². The number of hydrogen-bond donors (Lipinski definition) is 0. The highest BCUT2D eigenvalue weighted by Crippen LogP contribution is 2.28. The maximum absolute atomic E-state index is 12.1. The lowest BCUT2D eigenvalue weighted by Gasteiger charge is -2.09. The molecular formula is C16H13NO4P+. The molecule has 6 heteroatoms. The molecule has 5 nitrogen and oxygen atoms in total. The molecule has 22 heavy (non-hydrogen) atoms. The van der Waals surface area contributed by atoms with Gasteiger partial charge in [-0.3, -0.25) is 19.0 Å². The minimum atomic E-state index is -1.98. The van der Waals surface area contributed by atoms with Gasteiger partial charge in [0.1, 0.15) is 0 Å². The lowest BCUT2D eigenvalue weighted by molar-refractivity contribution is 0.0664. The van der Waals surface area contributed by atoms with Gasteiger partial charge in [0.25, 0.3) is 11.8 Å². The molecule has 0 radical (unpaired) electrons. The van der Waals surface area contributed by atoms with E-state index in [-0.39, 0.29) is 24.5 Å². The molecule has 1 atom stereocenters. The Hall–Kier alpha value is -2.52. The van der Waals surface area contributed by atoms with E-state index in [9.17, 15) is 14.2 Å². The molecule has 110 valence electrons. The molecule has 1 aliphatic rings. The van der Waals surface area contributed by atoms with Crippen LogP contribution in [0, 0.1) is 0 Å². The Kier molecular flexibility index (Phi) is 3.98. The van der Waals surface area contributed by atoms with Gasteiger partial charge < -0.3 is 0 Å². The van der Waals surface area contributed by atoms with Crippen LogP contribution in [-0.4, -0.2) is 29.4 Å². The third-order valence-electron chi connectivity index (χ3n) is 3.33. The van der Waals surface area contributed by atoms with Gasteiger partial charge in [-0.05, 0) is 28.8 Å². The Labute approximate surface area is 128 Å². The van der Waals surface area contributed by atoms with Gasteiger partial charge in [0, 0.05) is 0 Å². The number of rotatable bonds is 5. The molecule has 1 aliphatic heterocycles. The van der Waals surface area contributed by atoms with Gasteiger partial charge in [0.05, 0.1) is 17.7 Å². The number of nitrogens with zero attached hydrogens (tertiary/aromatic N) is 1. The van der Waals surface area contributed by atoms with Crippen molar-refractivity contribution in [2.45, 2.75) is 0 Å². The number of hydrogen-bond acceptors (Lipinski definition) is 4. The van der Waals surface area contributed by atoms with E-state index in [1.807, 2.05) is 6.07 Å². The van der Waals surface area contributed by atoms with E-state index < -0.39 is 8.03 Å². The average molecular weight is 314 g/mol. The van der Waals surface area contributed by atoms with Crippen molar-refractivity contribution in [1.29, 1.82) is 0 Å². The molecule has 1 heterocycles. The minimum Gasteiger partial charge on any atom is -0.270 e. The van der Waals surface area contributed by atoms with Gasteiger partial charge in [-0.25, -0.2) is 0 Å². The first-order valence-corrected chi connectivity index (χ1v) is 8.16. The minimum absolute atomic E-state index is 0.0778. The van der Waals surface area contributed by atoms with E-state index in [0.29, 0.717) is 16.9 Å². The molecule has 1 unspecified atom stereocenters. The van der Waals surface area contributed by atoms with Crippen LogP contribution in [0.4, 0.5) is 0 Å². The van der Waals surface area contributed by atoms with Crippen molar-refractivity contribution < 1.29 is 18.7 Å². The summed E-state index contributed by atoms with van der Waals surface area (Å²) in [6.45, 7) is 0.0778. The van der Waals surface area contributed by atoms with Crippen molar-refractivity contribution in [2.75, 3.05) is 12.7 Å². The largest absolute Gasteiger partial charge is 0.557 e. The number of fused-ring (bicyclic) bond motifs is 1. The molecule has 2 aromatic rings. The molecule has 0 fully saturated rings. The monoisotopic (exact) mass is 314 g/mol. The van der Waals surface area contributed by atoms with E-state index >= 15 is 0 Å². The van der Waals surface area contributed by atoms with Crippen LogP contribution in [0.1, 0.15) is 20.7 Å². The first-order chi connectivity index (χ1) is 10.7. The van der Waals surface area contributed by atoms with E-state index in [1.54, 1.807) is 48.5 Å². The molecule has 0 spiro atoms. The number of amides is 2. The Morgan fingerprint density at radius 1 is 0.864 bits per heavy atom. The second-order valence-electron chi connectivity index (χ2n) is 4.77. The van der Waals surface area contributed by atoms with Crippen LogP contribution in [-0.2, 0) is 4.57 Å². The highest BCUT2D eigenvalue weighted by molar-refractivity contribution is 7.39. The second kappa shape index (κ2) is 6.08. The first-order valence-electron chi connectivity index (χ1n) is 6.80.